The average molecular weight is 995 g/mol. The number of hydrogen-bond donors (Lipinski definition) is 4. The highest BCUT2D eigenvalue weighted by Crippen LogP contribution is 2.20. The van der Waals surface area contributed by atoms with Gasteiger partial charge in [-0.3, -0.25) is 14.4 Å². The summed E-state index contributed by atoms with van der Waals surface area (Å²) in [5, 5.41) is 7.00. The summed E-state index contributed by atoms with van der Waals surface area (Å²) in [6, 6.07) is 17.4. The number of Topliss-reactive ketones (excluding diaryl/α,β-unsaturated/α-hetero) is 3. The molecule has 0 heterocycles. The molecule has 0 spiro atoms. The minimum Gasteiger partial charge on any atom is -0.460 e. The molecule has 11 heteroatoms. The predicted octanol–water partition coefficient (Wildman–Crippen LogP) is 14.1. The van der Waals surface area contributed by atoms with Gasteiger partial charge in [-0.15, -0.1) is 12.8 Å². The van der Waals surface area contributed by atoms with Crippen LogP contribution in [0.5, 0.6) is 0 Å². The van der Waals surface area contributed by atoms with E-state index >= 15 is 0 Å². The molecule has 2 aromatic rings. The Morgan fingerprint density at radius 1 is 0.700 bits per heavy atom. The van der Waals surface area contributed by atoms with Crippen LogP contribution in [0.1, 0.15) is 225 Å². The Labute approximate surface area is 434 Å². The number of terminal acetylenes is 1. The zero-order valence-corrected chi connectivity index (χ0v) is 47.3. The lowest BCUT2D eigenvalue weighted by Crippen LogP contribution is -2.21. The van der Waals surface area contributed by atoms with Gasteiger partial charge >= 0.3 is 5.97 Å². The lowest BCUT2D eigenvalue weighted by atomic mass is 9.91. The molecule has 0 saturated carbocycles. The highest BCUT2D eigenvalue weighted by molar-refractivity contribution is 5.92. The van der Waals surface area contributed by atoms with Crippen LogP contribution in [0.15, 0.2) is 54.6 Å². The number of nitrogens with two attached hydrogens (primary N) is 3. The fourth-order valence-corrected chi connectivity index (χ4v) is 4.94. The van der Waals surface area contributed by atoms with Gasteiger partial charge in [0.15, 0.2) is 0 Å². The fourth-order valence-electron chi connectivity index (χ4n) is 4.94. The van der Waals surface area contributed by atoms with Crippen molar-refractivity contribution >= 4 is 35.6 Å². The second-order valence-corrected chi connectivity index (χ2v) is 17.1. The summed E-state index contributed by atoms with van der Waals surface area (Å²) in [6.45, 7) is 38.1. The molecule has 2 atom stereocenters. The molecule has 0 aliphatic heterocycles. The molecule has 0 aromatic heterocycles. The first-order chi connectivity index (χ1) is 31.8. The summed E-state index contributed by atoms with van der Waals surface area (Å²) in [7, 11) is 1.00. The number of rotatable bonds is 16. The molecule has 0 aliphatic rings. The van der Waals surface area contributed by atoms with Crippen molar-refractivity contribution in [1.29, 1.82) is 0 Å². The van der Waals surface area contributed by atoms with Crippen molar-refractivity contribution in [3.05, 3.63) is 71.3 Å². The molecule has 414 valence electrons. The SMILES string of the molecule is C.C.C#C.CC.CC(=O)CC(CCN)Cc1ccc(C(N)=O)cc1.CC(=O)OC(C)(C)C.CCC(C)=O.CCC(C)C.CCCC(C)=O.CCC[C@H](CC)CC(C)C.CO.Cc1ccccc1.NC=O. The van der Waals surface area contributed by atoms with Gasteiger partial charge < -0.3 is 41.4 Å². The zero-order chi connectivity index (χ0) is 55.7. The van der Waals surface area contributed by atoms with E-state index in [9.17, 15) is 24.0 Å². The summed E-state index contributed by atoms with van der Waals surface area (Å²) in [6.07, 6.45) is 19.7. The molecule has 0 bridgehead atoms. The molecule has 0 saturated heterocycles. The van der Waals surface area contributed by atoms with E-state index in [4.69, 9.17) is 26.1 Å². The number of primary amides is 2. The van der Waals surface area contributed by atoms with Gasteiger partial charge in [-0.05, 0) is 122 Å². The minimum absolute atomic E-state index is 0. The molecule has 2 rings (SSSR count). The number of aliphatic hydroxyl groups is 1. The Hall–Kier alpha value is -4.66. The topological polar surface area (TPSA) is 210 Å². The molecular formula is C59H115N3O8. The average Bonchev–Trinajstić information content (AvgIpc) is 3.26. The van der Waals surface area contributed by atoms with Crippen LogP contribution in [0, 0.1) is 43.4 Å². The predicted molar refractivity (Wildman–Crippen MR) is 307 cm³/mol. The maximum absolute atomic E-state index is 11.2. The van der Waals surface area contributed by atoms with Crippen LogP contribution in [0.2, 0.25) is 0 Å². The van der Waals surface area contributed by atoms with E-state index < -0.39 is 5.91 Å². The highest BCUT2D eigenvalue weighted by atomic mass is 16.6. The smallest absolute Gasteiger partial charge is 0.303 e. The molecule has 2 aromatic carbocycles. The number of carbonyl (C=O) groups is 6. The third-order valence-electron chi connectivity index (χ3n) is 8.30. The van der Waals surface area contributed by atoms with Gasteiger partial charge in [0.05, 0.1) is 0 Å². The van der Waals surface area contributed by atoms with Crippen LogP contribution in [-0.2, 0) is 35.1 Å². The van der Waals surface area contributed by atoms with Crippen molar-refractivity contribution in [2.75, 3.05) is 13.7 Å². The van der Waals surface area contributed by atoms with Gasteiger partial charge in [0.25, 0.3) is 0 Å². The van der Waals surface area contributed by atoms with Crippen molar-refractivity contribution in [2.45, 2.75) is 223 Å². The largest absolute Gasteiger partial charge is 0.460 e. The summed E-state index contributed by atoms with van der Waals surface area (Å²) in [5.41, 5.74) is 17.5. The quantitative estimate of drug-likeness (QED) is 0.0715. The number of esters is 1. The van der Waals surface area contributed by atoms with Crippen molar-refractivity contribution in [3.8, 4) is 12.8 Å². The first kappa shape index (κ1) is 91.6. The Bertz CT molecular complexity index is 1400. The van der Waals surface area contributed by atoms with E-state index in [0.29, 0.717) is 24.9 Å². The van der Waals surface area contributed by atoms with Gasteiger partial charge in [-0.2, -0.15) is 0 Å². The second kappa shape index (κ2) is 70.9. The Morgan fingerprint density at radius 3 is 1.30 bits per heavy atom. The second-order valence-electron chi connectivity index (χ2n) is 17.1. The van der Waals surface area contributed by atoms with Gasteiger partial charge in [-0.25, -0.2) is 0 Å². The molecule has 11 nitrogen and oxygen atoms in total. The number of benzene rings is 2. The highest BCUT2D eigenvalue weighted by Gasteiger charge is 2.13. The number of hydrogen-bond acceptors (Lipinski definition) is 9. The lowest BCUT2D eigenvalue weighted by molar-refractivity contribution is -0.152. The Morgan fingerprint density at radius 2 is 1.11 bits per heavy atom. The number of amides is 2. The van der Waals surface area contributed by atoms with Crippen molar-refractivity contribution in [2.24, 2.45) is 40.9 Å². The summed E-state index contributed by atoms with van der Waals surface area (Å²) >= 11 is 0. The van der Waals surface area contributed by atoms with Crippen molar-refractivity contribution < 1.29 is 38.6 Å². The molecule has 0 fully saturated rings. The standard InChI is InChI=1S/C14H20N2O2.C10H22.C7H8.C6H12O2.C5H10O.C5H12.C4H8O.C2H6.C2H2.CH3NO.CH4O.2CH4/c1-10(17)8-12(6-7-15)9-11-2-4-13(5-3-11)14(16)18;1-5-7-10(6-2)8-9(3)4;1-7-5-3-2-4-6-7;1-5(7)8-6(2,3)4;1-3-4-5(2)6;1-4-5(2)3;1-3-4(2)5;2*1-2;2-1-3;1-2;;/h2-5,12H,6-9,15H2,1H3,(H2,16,18);9-10H,5-8H2,1-4H3;2-6H,1H3;1-4H3;3-4H2,1-2H3;5H,4H2,1-3H3;3H2,1-2H3;1-2H3;1-2H;1H,(H2,2,3);2H,1H3;2*1H4/t;10-;;;;;;;;;;;/m.0.........../s1. The van der Waals surface area contributed by atoms with Crippen LogP contribution >= 0.6 is 0 Å². The molecule has 2 amide bonds. The normalized spacial score (nSPS) is 9.57. The van der Waals surface area contributed by atoms with Gasteiger partial charge in [0, 0.05) is 38.9 Å². The van der Waals surface area contributed by atoms with E-state index in [0.717, 1.165) is 56.1 Å². The third-order valence-corrected chi connectivity index (χ3v) is 8.30. The fraction of sp³-hybridized carbons (Fsp3) is 0.661. The van der Waals surface area contributed by atoms with Crippen molar-refractivity contribution in [1.82, 2.24) is 0 Å². The van der Waals surface area contributed by atoms with Crippen LogP contribution < -0.4 is 17.2 Å². The number of aliphatic hydroxyl groups excluding tert-OH is 1. The van der Waals surface area contributed by atoms with Crippen LogP contribution in [0.25, 0.3) is 0 Å². The van der Waals surface area contributed by atoms with Crippen molar-refractivity contribution in [3.63, 3.8) is 0 Å². The van der Waals surface area contributed by atoms with Crippen LogP contribution in [0.3, 0.4) is 0 Å². The number of carbonyl (C=O) groups excluding carboxylic acids is 6. The first-order valence-corrected chi connectivity index (χ1v) is 24.5. The maximum atomic E-state index is 11.2. The molecular weight excluding hydrogens is 879 g/mol. The number of aryl methyl sites for hydroxylation is 1. The maximum Gasteiger partial charge on any atom is 0.303 e. The molecule has 0 aliphatic carbocycles. The van der Waals surface area contributed by atoms with E-state index in [1.54, 1.807) is 32.9 Å². The minimum atomic E-state index is -0.427. The van der Waals surface area contributed by atoms with Gasteiger partial charge in [0.2, 0.25) is 12.3 Å². The van der Waals surface area contributed by atoms with E-state index in [-0.39, 0.29) is 56.1 Å². The molecule has 1 unspecified atom stereocenters. The van der Waals surface area contributed by atoms with Crippen LogP contribution in [0.4, 0.5) is 0 Å². The summed E-state index contributed by atoms with van der Waals surface area (Å²) in [5.74, 6) is 3.11. The van der Waals surface area contributed by atoms with Crippen LogP contribution in [-0.4, -0.2) is 60.0 Å². The van der Waals surface area contributed by atoms with E-state index in [1.807, 2.05) is 78.8 Å². The van der Waals surface area contributed by atoms with Gasteiger partial charge in [0.1, 0.15) is 23.0 Å². The Balaban J connectivity index is -0.0000000652. The zero-order valence-electron chi connectivity index (χ0n) is 47.3. The number of ether oxygens (including phenoxy) is 1. The molecule has 0 radical (unpaired) electrons. The van der Waals surface area contributed by atoms with Gasteiger partial charge in [-0.1, -0.05) is 165 Å². The molecule has 7 N–H and O–H groups in total. The number of ketones is 3. The lowest BCUT2D eigenvalue weighted by Gasteiger charge is -2.17. The first-order valence-electron chi connectivity index (χ1n) is 24.5. The summed E-state index contributed by atoms with van der Waals surface area (Å²) in [4.78, 5) is 60.8. The molecule has 70 heavy (non-hydrogen) atoms. The summed E-state index contributed by atoms with van der Waals surface area (Å²) < 4.78 is 4.80. The Kier molecular flexibility index (Phi) is 92.8. The monoisotopic (exact) mass is 994 g/mol. The van der Waals surface area contributed by atoms with E-state index in [1.165, 1.54) is 44.6 Å². The van der Waals surface area contributed by atoms with E-state index in [2.05, 4.69) is 86.1 Å². The third kappa shape index (κ3) is 101.